The molecule has 0 aliphatic carbocycles. The van der Waals surface area contributed by atoms with Crippen LogP contribution in [0.3, 0.4) is 0 Å². The van der Waals surface area contributed by atoms with Gasteiger partial charge in [0.05, 0.1) is 4.92 Å². The van der Waals surface area contributed by atoms with E-state index in [4.69, 9.17) is 5.26 Å². The zero-order chi connectivity index (χ0) is 15.3. The Bertz CT molecular complexity index is 565. The highest BCUT2D eigenvalue weighted by Crippen LogP contribution is 2.18. The smallest absolute Gasteiger partial charge is 0.305 e. The summed E-state index contributed by atoms with van der Waals surface area (Å²) in [6.07, 6.45) is 0. The van der Waals surface area contributed by atoms with E-state index in [0.717, 1.165) is 0 Å². The summed E-state index contributed by atoms with van der Waals surface area (Å²) in [6.45, 7) is 5.30. The Labute approximate surface area is 116 Å². The zero-order valence-electron chi connectivity index (χ0n) is 11.4. The molecule has 1 rings (SSSR count). The van der Waals surface area contributed by atoms with E-state index in [9.17, 15) is 14.9 Å². The van der Waals surface area contributed by atoms with Crippen LogP contribution in [0.2, 0.25) is 0 Å². The number of nitrogens with one attached hydrogen (secondary N) is 2. The standard InChI is InChI=1S/C12H15N5O3/c1-7(2)14-12(18)8(3)15-11-5-4-10(17(19)20)9(6-13)16-11/h4-5,7-8H,1-3H3,(H,14,18)(H,15,16). The molecule has 106 valence electrons. The quantitative estimate of drug-likeness (QED) is 0.615. The van der Waals surface area contributed by atoms with Gasteiger partial charge in [0.1, 0.15) is 17.9 Å². The molecule has 1 aromatic rings. The first-order valence-corrected chi connectivity index (χ1v) is 5.97. The van der Waals surface area contributed by atoms with Gasteiger partial charge in [-0.2, -0.15) is 5.26 Å². The van der Waals surface area contributed by atoms with Gasteiger partial charge in [-0.05, 0) is 26.8 Å². The zero-order valence-corrected chi connectivity index (χ0v) is 11.4. The minimum Gasteiger partial charge on any atom is -0.359 e. The fourth-order valence-corrected chi connectivity index (χ4v) is 1.46. The number of rotatable bonds is 5. The molecule has 0 aliphatic rings. The fourth-order valence-electron chi connectivity index (χ4n) is 1.46. The molecule has 20 heavy (non-hydrogen) atoms. The SMILES string of the molecule is CC(C)NC(=O)C(C)Nc1ccc([N+](=O)[O-])c(C#N)n1. The number of nitro groups is 1. The molecule has 8 heteroatoms. The number of aromatic nitrogens is 1. The van der Waals surface area contributed by atoms with Gasteiger partial charge in [-0.3, -0.25) is 14.9 Å². The van der Waals surface area contributed by atoms with E-state index in [1.807, 2.05) is 13.8 Å². The molecule has 0 aliphatic heterocycles. The molecule has 0 saturated heterocycles. The highest BCUT2D eigenvalue weighted by atomic mass is 16.6. The topological polar surface area (TPSA) is 121 Å². The van der Waals surface area contributed by atoms with E-state index in [1.54, 1.807) is 13.0 Å². The lowest BCUT2D eigenvalue weighted by Gasteiger charge is -2.16. The summed E-state index contributed by atoms with van der Waals surface area (Å²) in [4.78, 5) is 25.5. The number of amides is 1. The Balaban J connectivity index is 2.86. The number of anilines is 1. The van der Waals surface area contributed by atoms with E-state index >= 15 is 0 Å². The lowest BCUT2D eigenvalue weighted by atomic mass is 10.2. The van der Waals surface area contributed by atoms with E-state index < -0.39 is 11.0 Å². The first-order valence-electron chi connectivity index (χ1n) is 5.97. The van der Waals surface area contributed by atoms with Crippen molar-refractivity contribution in [3.05, 3.63) is 27.9 Å². The summed E-state index contributed by atoms with van der Waals surface area (Å²) in [5.74, 6) is 0.0113. The summed E-state index contributed by atoms with van der Waals surface area (Å²) in [7, 11) is 0. The summed E-state index contributed by atoms with van der Waals surface area (Å²) in [5.41, 5.74) is -0.659. The van der Waals surface area contributed by atoms with Gasteiger partial charge >= 0.3 is 5.69 Å². The first kappa shape index (κ1) is 15.4. The Morgan fingerprint density at radius 2 is 2.10 bits per heavy atom. The van der Waals surface area contributed by atoms with Gasteiger partial charge in [-0.25, -0.2) is 4.98 Å². The molecule has 1 atom stereocenters. The molecule has 0 saturated carbocycles. The number of carbonyl (C=O) groups is 1. The normalized spacial score (nSPS) is 11.6. The van der Waals surface area contributed by atoms with Crippen LogP contribution >= 0.6 is 0 Å². The molecule has 8 nitrogen and oxygen atoms in total. The van der Waals surface area contributed by atoms with Crippen LogP contribution in [0.5, 0.6) is 0 Å². The van der Waals surface area contributed by atoms with Gasteiger partial charge in [-0.15, -0.1) is 0 Å². The average Bonchev–Trinajstić information content (AvgIpc) is 2.37. The summed E-state index contributed by atoms with van der Waals surface area (Å²) in [6, 6.07) is 3.63. The van der Waals surface area contributed by atoms with Crippen molar-refractivity contribution in [3.63, 3.8) is 0 Å². The maximum atomic E-state index is 11.7. The van der Waals surface area contributed by atoms with Crippen LogP contribution in [0.4, 0.5) is 11.5 Å². The Morgan fingerprint density at radius 1 is 1.45 bits per heavy atom. The van der Waals surface area contributed by atoms with Gasteiger partial charge in [0.2, 0.25) is 11.6 Å². The minimum absolute atomic E-state index is 0.00578. The maximum Gasteiger partial charge on any atom is 0.305 e. The van der Waals surface area contributed by atoms with Crippen molar-refractivity contribution in [1.82, 2.24) is 10.3 Å². The Kier molecular flexibility index (Phi) is 4.97. The molecule has 0 aromatic carbocycles. The molecular weight excluding hydrogens is 262 g/mol. The summed E-state index contributed by atoms with van der Waals surface area (Å²) >= 11 is 0. The molecule has 2 N–H and O–H groups in total. The van der Waals surface area contributed by atoms with Crippen molar-refractivity contribution in [2.75, 3.05) is 5.32 Å². The van der Waals surface area contributed by atoms with Crippen LogP contribution < -0.4 is 10.6 Å². The monoisotopic (exact) mass is 277 g/mol. The largest absolute Gasteiger partial charge is 0.359 e. The van der Waals surface area contributed by atoms with E-state index in [0.29, 0.717) is 0 Å². The van der Waals surface area contributed by atoms with Crippen LogP contribution in [0.1, 0.15) is 26.5 Å². The molecule has 1 aromatic heterocycles. The van der Waals surface area contributed by atoms with Gasteiger partial charge < -0.3 is 10.6 Å². The van der Waals surface area contributed by atoms with Crippen molar-refractivity contribution >= 4 is 17.4 Å². The Hall–Kier alpha value is -2.69. The van der Waals surface area contributed by atoms with Crippen LogP contribution in [-0.2, 0) is 4.79 Å². The predicted octanol–water partition coefficient (Wildman–Crippen LogP) is 1.19. The molecule has 0 fully saturated rings. The van der Waals surface area contributed by atoms with Crippen molar-refractivity contribution in [1.29, 1.82) is 5.26 Å². The highest BCUT2D eigenvalue weighted by molar-refractivity contribution is 5.84. The number of carbonyl (C=O) groups excluding carboxylic acids is 1. The fraction of sp³-hybridized carbons (Fsp3) is 0.417. The van der Waals surface area contributed by atoms with Crippen molar-refractivity contribution in [2.24, 2.45) is 0 Å². The lowest BCUT2D eigenvalue weighted by molar-refractivity contribution is -0.385. The van der Waals surface area contributed by atoms with Crippen LogP contribution in [0.25, 0.3) is 0 Å². The Morgan fingerprint density at radius 3 is 2.60 bits per heavy atom. The number of hydrogen-bond donors (Lipinski definition) is 2. The molecule has 0 spiro atoms. The van der Waals surface area contributed by atoms with Gasteiger partial charge in [-0.1, -0.05) is 0 Å². The lowest BCUT2D eigenvalue weighted by Crippen LogP contribution is -2.41. The second kappa shape index (κ2) is 6.47. The molecule has 1 amide bonds. The molecule has 0 bridgehead atoms. The molecule has 1 unspecified atom stereocenters. The summed E-state index contributed by atoms with van der Waals surface area (Å²) in [5, 5.41) is 25.0. The summed E-state index contributed by atoms with van der Waals surface area (Å²) < 4.78 is 0. The highest BCUT2D eigenvalue weighted by Gasteiger charge is 2.18. The van der Waals surface area contributed by atoms with Crippen LogP contribution in [0.15, 0.2) is 12.1 Å². The van der Waals surface area contributed by atoms with E-state index in [-0.39, 0.29) is 29.1 Å². The maximum absolute atomic E-state index is 11.7. The second-order valence-electron chi connectivity index (χ2n) is 4.46. The number of nitrogens with zero attached hydrogens (tertiary/aromatic N) is 3. The third-order valence-corrected chi connectivity index (χ3v) is 2.37. The molecule has 1 heterocycles. The third-order valence-electron chi connectivity index (χ3n) is 2.37. The third kappa shape index (κ3) is 3.91. The number of nitriles is 1. The number of hydrogen-bond acceptors (Lipinski definition) is 6. The van der Waals surface area contributed by atoms with E-state index in [1.165, 1.54) is 12.1 Å². The minimum atomic E-state index is -0.676. The second-order valence-corrected chi connectivity index (χ2v) is 4.46. The van der Waals surface area contributed by atoms with Gasteiger partial charge in [0.15, 0.2) is 0 Å². The molecular formula is C12H15N5O3. The van der Waals surface area contributed by atoms with Crippen molar-refractivity contribution < 1.29 is 9.72 Å². The van der Waals surface area contributed by atoms with Crippen LogP contribution in [-0.4, -0.2) is 27.9 Å². The van der Waals surface area contributed by atoms with Gasteiger partial charge in [0, 0.05) is 12.1 Å². The first-order chi connectivity index (χ1) is 9.35. The number of pyridine rings is 1. The average molecular weight is 277 g/mol. The van der Waals surface area contributed by atoms with Crippen molar-refractivity contribution in [2.45, 2.75) is 32.9 Å². The predicted molar refractivity (Wildman–Crippen MR) is 72.0 cm³/mol. The molecule has 0 radical (unpaired) electrons. The van der Waals surface area contributed by atoms with Gasteiger partial charge in [0.25, 0.3) is 0 Å². The van der Waals surface area contributed by atoms with Crippen LogP contribution in [0, 0.1) is 21.4 Å². The van der Waals surface area contributed by atoms with E-state index in [2.05, 4.69) is 15.6 Å². The van der Waals surface area contributed by atoms with Crippen molar-refractivity contribution in [3.8, 4) is 6.07 Å².